The molecule has 2 saturated heterocycles. The molecule has 42 heavy (non-hydrogen) atoms. The Balaban J connectivity index is 1.54. The smallest absolute Gasteiger partial charge is 0.434 e. The molecule has 2 atom stereocenters. The van der Waals surface area contributed by atoms with Gasteiger partial charge in [-0.2, -0.15) is 18.2 Å². The highest BCUT2D eigenvalue weighted by molar-refractivity contribution is 5.91. The zero-order chi connectivity index (χ0) is 29.9. The number of morpholine rings is 1. The Morgan fingerprint density at radius 2 is 1.90 bits per heavy atom. The van der Waals surface area contributed by atoms with Crippen molar-refractivity contribution in [3.05, 3.63) is 47.8 Å². The second-order valence-corrected chi connectivity index (χ2v) is 9.46. The highest BCUT2D eigenvalue weighted by Crippen LogP contribution is 2.39. The van der Waals surface area contributed by atoms with Crippen molar-refractivity contribution in [3.63, 3.8) is 0 Å². The van der Waals surface area contributed by atoms with Gasteiger partial charge in [-0.15, -0.1) is 0 Å². The van der Waals surface area contributed by atoms with Crippen molar-refractivity contribution in [3.8, 4) is 11.3 Å². The number of nitrogens with two attached hydrogens (primary N) is 1. The Hall–Kier alpha value is -4.28. The predicted octanol–water partition coefficient (Wildman–Crippen LogP) is 2.49. The second-order valence-electron chi connectivity index (χ2n) is 9.46. The molecule has 2 aliphatic rings. The lowest BCUT2D eigenvalue weighted by Gasteiger charge is -2.29. The highest BCUT2D eigenvalue weighted by atomic mass is 19.4. The van der Waals surface area contributed by atoms with Crippen LogP contribution in [-0.2, 0) is 20.4 Å². The molecule has 224 valence electrons. The molecule has 0 unspecified atom stereocenters. The van der Waals surface area contributed by atoms with E-state index in [4.69, 9.17) is 19.9 Å². The van der Waals surface area contributed by atoms with Crippen LogP contribution in [0.5, 0.6) is 0 Å². The van der Waals surface area contributed by atoms with E-state index in [1.165, 1.54) is 6.07 Å². The molecular weight excluding hydrogens is 561 g/mol. The van der Waals surface area contributed by atoms with E-state index in [2.05, 4.69) is 25.3 Å². The summed E-state index contributed by atoms with van der Waals surface area (Å²) in [6.07, 6.45) is -5.65. The summed E-state index contributed by atoms with van der Waals surface area (Å²) in [7, 11) is 1.60. The summed E-state index contributed by atoms with van der Waals surface area (Å²) in [6.45, 7) is 2.04. The first kappa shape index (κ1) is 29.2. The summed E-state index contributed by atoms with van der Waals surface area (Å²) in [5, 5.41) is 13.6. The van der Waals surface area contributed by atoms with Crippen LogP contribution in [-0.4, -0.2) is 90.3 Å². The van der Waals surface area contributed by atoms with Gasteiger partial charge in [-0.05, 0) is 17.7 Å². The van der Waals surface area contributed by atoms with Crippen LogP contribution in [0.3, 0.4) is 0 Å². The molecule has 5 rings (SSSR count). The number of amides is 1. The molecule has 1 aromatic carbocycles. The number of aliphatic hydroxyl groups excluding tert-OH is 1. The number of hydrogen-bond donors (Lipinski definition) is 3. The first-order valence-electron chi connectivity index (χ1n) is 13.0. The quantitative estimate of drug-likeness (QED) is 0.313. The normalized spacial score (nSPS) is 19.2. The number of benzene rings is 1. The number of carbonyl (C=O) groups is 1. The average Bonchev–Trinajstić information content (AvgIpc) is 3.33. The zero-order valence-corrected chi connectivity index (χ0v) is 22.5. The number of nitrogen functional groups attached to an aromatic ring is 1. The maximum atomic E-state index is 14.0. The number of nitrogens with zero attached hydrogens (tertiary/aromatic N) is 6. The van der Waals surface area contributed by atoms with Crippen molar-refractivity contribution >= 4 is 29.5 Å². The highest BCUT2D eigenvalue weighted by Gasteiger charge is 2.45. The van der Waals surface area contributed by atoms with Crippen LogP contribution in [0.2, 0.25) is 0 Å². The number of rotatable bonds is 9. The number of methoxy groups -OCH3 is 1. The number of alkyl halides is 3. The number of aromatic nitrogens is 4. The van der Waals surface area contributed by atoms with Gasteiger partial charge in [-0.1, -0.05) is 12.1 Å². The van der Waals surface area contributed by atoms with Gasteiger partial charge >= 0.3 is 12.3 Å². The lowest BCUT2D eigenvalue weighted by molar-refractivity contribution is -0.140. The molecule has 2 fully saturated rings. The topological polar surface area (TPSA) is 161 Å². The molecule has 0 saturated carbocycles. The number of nitrogens with one attached hydrogen (secondary N) is 1. The number of hydrogen-bond acceptors (Lipinski definition) is 12. The minimum Gasteiger partial charge on any atom is -0.439 e. The van der Waals surface area contributed by atoms with Crippen LogP contribution in [0.25, 0.3) is 11.3 Å². The number of anilines is 4. The summed E-state index contributed by atoms with van der Waals surface area (Å²) >= 11 is 0. The van der Waals surface area contributed by atoms with Gasteiger partial charge in [0.25, 0.3) is 0 Å². The summed E-state index contributed by atoms with van der Waals surface area (Å²) in [6, 6.07) is 7.39. The molecule has 0 radical (unpaired) electrons. The van der Waals surface area contributed by atoms with Crippen LogP contribution in [0.15, 0.2) is 36.5 Å². The second kappa shape index (κ2) is 12.3. The Kier molecular flexibility index (Phi) is 8.56. The minimum atomic E-state index is -4.87. The number of cyclic esters (lactones) is 1. The molecular formula is C26H29F3N8O5. The standard InChI is InChI=1S/C26H29F3N8O5/c1-40-9-6-31-16-4-2-15(3-5-16)21-19(14-38)37(25(39)42-21)20-12-18(33-24(34-20)36-7-10-41-11-8-36)17-13-32-23(30)35-22(17)26(27,28)29/h2-5,12-13,19,21,31,38H,6-11,14H2,1H3,(H2,30,32,35)/t19-,21-/m0/s1. The molecule has 13 nitrogen and oxygen atoms in total. The molecule has 0 spiro atoms. The van der Waals surface area contributed by atoms with Crippen molar-refractivity contribution in [2.45, 2.75) is 18.3 Å². The molecule has 0 bridgehead atoms. The molecule has 0 aliphatic carbocycles. The molecule has 4 heterocycles. The number of ether oxygens (including phenoxy) is 3. The summed E-state index contributed by atoms with van der Waals surface area (Å²) in [5.74, 6) is -0.550. The lowest BCUT2D eigenvalue weighted by Crippen LogP contribution is -2.40. The van der Waals surface area contributed by atoms with Crippen molar-refractivity contribution < 1.29 is 37.3 Å². The largest absolute Gasteiger partial charge is 0.439 e. The van der Waals surface area contributed by atoms with E-state index in [-0.39, 0.29) is 17.5 Å². The summed E-state index contributed by atoms with van der Waals surface area (Å²) in [4.78, 5) is 32.1. The van der Waals surface area contributed by atoms with Crippen LogP contribution >= 0.6 is 0 Å². The number of carbonyl (C=O) groups excluding carboxylic acids is 1. The van der Waals surface area contributed by atoms with E-state index < -0.39 is 48.2 Å². The van der Waals surface area contributed by atoms with Crippen LogP contribution in [0.4, 0.5) is 41.4 Å². The molecule has 3 aromatic rings. The molecule has 2 aromatic heterocycles. The lowest BCUT2D eigenvalue weighted by atomic mass is 10.0. The van der Waals surface area contributed by atoms with Crippen LogP contribution in [0, 0.1) is 0 Å². The Morgan fingerprint density at radius 1 is 1.17 bits per heavy atom. The van der Waals surface area contributed by atoms with E-state index in [1.54, 1.807) is 36.3 Å². The van der Waals surface area contributed by atoms with Crippen molar-refractivity contribution in [2.24, 2.45) is 0 Å². The van der Waals surface area contributed by atoms with E-state index in [0.29, 0.717) is 45.0 Å². The first-order valence-corrected chi connectivity index (χ1v) is 13.0. The number of halogens is 3. The van der Waals surface area contributed by atoms with Gasteiger partial charge in [0.1, 0.15) is 11.9 Å². The van der Waals surface area contributed by atoms with Gasteiger partial charge in [-0.25, -0.2) is 19.7 Å². The fourth-order valence-corrected chi connectivity index (χ4v) is 4.72. The third kappa shape index (κ3) is 6.14. The van der Waals surface area contributed by atoms with Crippen LogP contribution in [0.1, 0.15) is 17.4 Å². The molecule has 16 heteroatoms. The third-order valence-electron chi connectivity index (χ3n) is 6.76. The predicted molar refractivity (Wildman–Crippen MR) is 145 cm³/mol. The Labute approximate surface area is 238 Å². The third-order valence-corrected chi connectivity index (χ3v) is 6.76. The van der Waals surface area contributed by atoms with Gasteiger partial charge < -0.3 is 35.3 Å². The van der Waals surface area contributed by atoms with E-state index in [9.17, 15) is 23.1 Å². The van der Waals surface area contributed by atoms with Crippen LogP contribution < -0.4 is 20.9 Å². The van der Waals surface area contributed by atoms with E-state index in [0.717, 1.165) is 16.8 Å². The fraction of sp³-hybridized carbons (Fsp3) is 0.423. The van der Waals surface area contributed by atoms with E-state index in [1.807, 2.05) is 0 Å². The minimum absolute atomic E-state index is 0.0594. The fourth-order valence-electron chi connectivity index (χ4n) is 4.72. The molecule has 2 aliphatic heterocycles. The van der Waals surface area contributed by atoms with Crippen molar-refractivity contribution in [1.29, 1.82) is 0 Å². The molecule has 1 amide bonds. The maximum absolute atomic E-state index is 14.0. The van der Waals surface area contributed by atoms with Gasteiger partial charge in [0, 0.05) is 50.3 Å². The van der Waals surface area contributed by atoms with E-state index >= 15 is 0 Å². The maximum Gasteiger partial charge on any atom is 0.434 e. The van der Waals surface area contributed by atoms with Gasteiger partial charge in [0.2, 0.25) is 11.9 Å². The van der Waals surface area contributed by atoms with Gasteiger partial charge in [0.05, 0.1) is 32.1 Å². The monoisotopic (exact) mass is 590 g/mol. The first-order chi connectivity index (χ1) is 20.2. The van der Waals surface area contributed by atoms with Crippen molar-refractivity contribution in [2.75, 3.05) is 74.0 Å². The number of aliphatic hydroxyl groups is 1. The molecule has 4 N–H and O–H groups in total. The Morgan fingerprint density at radius 3 is 2.57 bits per heavy atom. The van der Waals surface area contributed by atoms with Gasteiger partial charge in [0.15, 0.2) is 11.8 Å². The van der Waals surface area contributed by atoms with Crippen molar-refractivity contribution in [1.82, 2.24) is 19.9 Å². The SMILES string of the molecule is COCCNc1ccc([C@@H]2OC(=O)N(c3cc(-c4cnc(N)nc4C(F)(F)F)nc(N4CCOCC4)n3)[C@H]2CO)cc1. The zero-order valence-electron chi connectivity index (χ0n) is 22.5. The van der Waals surface area contributed by atoms with Gasteiger partial charge in [-0.3, -0.25) is 4.90 Å². The Bertz CT molecular complexity index is 1410. The summed E-state index contributed by atoms with van der Waals surface area (Å²) in [5.41, 5.74) is 4.97. The summed E-state index contributed by atoms with van der Waals surface area (Å²) < 4.78 is 57.9. The average molecular weight is 591 g/mol.